The van der Waals surface area contributed by atoms with E-state index in [4.69, 9.17) is 5.73 Å². The summed E-state index contributed by atoms with van der Waals surface area (Å²) in [6, 6.07) is 11.7. The Labute approximate surface area is 120 Å². The summed E-state index contributed by atoms with van der Waals surface area (Å²) in [6.07, 6.45) is 1.75. The van der Waals surface area contributed by atoms with Crippen LogP contribution in [0.4, 0.5) is 0 Å². The fourth-order valence-electron chi connectivity index (χ4n) is 1.87. The number of aromatic nitrogens is 1. The highest BCUT2D eigenvalue weighted by molar-refractivity contribution is 9.10. The molecule has 0 bridgehead atoms. The van der Waals surface area contributed by atoms with Gasteiger partial charge in [-0.15, -0.1) is 0 Å². The third-order valence-electron chi connectivity index (χ3n) is 2.78. The largest absolute Gasteiger partial charge is 0.356 e. The SMILES string of the molecule is NCCN(Cc1ccccc1)C(=O)c1cc(Br)c[nH]1. The molecule has 0 spiro atoms. The number of hydrogen-bond acceptors (Lipinski definition) is 2. The van der Waals surface area contributed by atoms with Crippen molar-refractivity contribution in [2.24, 2.45) is 5.73 Å². The van der Waals surface area contributed by atoms with Gasteiger partial charge < -0.3 is 15.6 Å². The van der Waals surface area contributed by atoms with Crippen LogP contribution in [0.2, 0.25) is 0 Å². The number of rotatable bonds is 5. The zero-order valence-electron chi connectivity index (χ0n) is 10.5. The summed E-state index contributed by atoms with van der Waals surface area (Å²) in [5.41, 5.74) is 7.25. The highest BCUT2D eigenvalue weighted by Gasteiger charge is 2.16. The van der Waals surface area contributed by atoms with E-state index < -0.39 is 0 Å². The number of halogens is 1. The summed E-state index contributed by atoms with van der Waals surface area (Å²) in [5, 5.41) is 0. The van der Waals surface area contributed by atoms with Gasteiger partial charge in [0.2, 0.25) is 0 Å². The van der Waals surface area contributed by atoms with E-state index in [-0.39, 0.29) is 5.91 Å². The highest BCUT2D eigenvalue weighted by Crippen LogP contribution is 2.14. The van der Waals surface area contributed by atoms with Crippen LogP contribution in [0.15, 0.2) is 47.1 Å². The Morgan fingerprint density at radius 2 is 2.05 bits per heavy atom. The molecule has 0 aliphatic rings. The molecule has 0 atom stereocenters. The van der Waals surface area contributed by atoms with Gasteiger partial charge in [-0.2, -0.15) is 0 Å². The molecule has 3 N–H and O–H groups in total. The quantitative estimate of drug-likeness (QED) is 0.888. The monoisotopic (exact) mass is 321 g/mol. The molecule has 0 aliphatic heterocycles. The first-order valence-electron chi connectivity index (χ1n) is 6.08. The summed E-state index contributed by atoms with van der Waals surface area (Å²) in [6.45, 7) is 1.54. The third kappa shape index (κ3) is 3.68. The molecule has 2 aromatic rings. The molecule has 0 unspecified atom stereocenters. The molecule has 2 rings (SSSR count). The Morgan fingerprint density at radius 3 is 2.63 bits per heavy atom. The lowest BCUT2D eigenvalue weighted by Crippen LogP contribution is -2.35. The van der Waals surface area contributed by atoms with Crippen molar-refractivity contribution in [3.8, 4) is 0 Å². The average molecular weight is 322 g/mol. The van der Waals surface area contributed by atoms with Gasteiger partial charge in [-0.1, -0.05) is 30.3 Å². The Balaban J connectivity index is 2.13. The van der Waals surface area contributed by atoms with E-state index in [1.54, 1.807) is 17.2 Å². The maximum absolute atomic E-state index is 12.4. The summed E-state index contributed by atoms with van der Waals surface area (Å²) >= 11 is 3.33. The van der Waals surface area contributed by atoms with E-state index in [1.165, 1.54) is 0 Å². The van der Waals surface area contributed by atoms with Crippen LogP contribution in [-0.2, 0) is 6.54 Å². The molecule has 5 heteroatoms. The van der Waals surface area contributed by atoms with Gasteiger partial charge in [0.25, 0.3) is 5.91 Å². The number of aromatic amines is 1. The minimum atomic E-state index is -0.0417. The lowest BCUT2D eigenvalue weighted by atomic mass is 10.2. The van der Waals surface area contributed by atoms with Crippen LogP contribution in [0.5, 0.6) is 0 Å². The second kappa shape index (κ2) is 6.54. The predicted octanol–water partition coefficient (Wildman–Crippen LogP) is 2.38. The number of hydrogen-bond donors (Lipinski definition) is 2. The Morgan fingerprint density at radius 1 is 1.32 bits per heavy atom. The number of carbonyl (C=O) groups excluding carboxylic acids is 1. The number of benzene rings is 1. The zero-order valence-corrected chi connectivity index (χ0v) is 12.1. The van der Waals surface area contributed by atoms with Crippen molar-refractivity contribution in [2.45, 2.75) is 6.54 Å². The topological polar surface area (TPSA) is 62.1 Å². The van der Waals surface area contributed by atoms with Crippen LogP contribution in [0.1, 0.15) is 16.1 Å². The summed E-state index contributed by atoms with van der Waals surface area (Å²) < 4.78 is 0.864. The summed E-state index contributed by atoms with van der Waals surface area (Å²) in [5.74, 6) is -0.0417. The van der Waals surface area contributed by atoms with E-state index in [0.717, 1.165) is 10.0 Å². The van der Waals surface area contributed by atoms with Gasteiger partial charge in [0.1, 0.15) is 5.69 Å². The van der Waals surface area contributed by atoms with Gasteiger partial charge in [0, 0.05) is 30.3 Å². The van der Waals surface area contributed by atoms with Gasteiger partial charge in [0.05, 0.1) is 0 Å². The smallest absolute Gasteiger partial charge is 0.270 e. The number of carbonyl (C=O) groups is 1. The van der Waals surface area contributed by atoms with E-state index >= 15 is 0 Å². The Kier molecular flexibility index (Phi) is 4.76. The molecule has 0 aliphatic carbocycles. The van der Waals surface area contributed by atoms with Gasteiger partial charge in [0.15, 0.2) is 0 Å². The van der Waals surface area contributed by atoms with Crippen LogP contribution < -0.4 is 5.73 Å². The third-order valence-corrected chi connectivity index (χ3v) is 3.24. The molecule has 1 aromatic heterocycles. The summed E-state index contributed by atoms with van der Waals surface area (Å²) in [4.78, 5) is 17.1. The van der Waals surface area contributed by atoms with Crippen molar-refractivity contribution in [2.75, 3.05) is 13.1 Å². The molecular weight excluding hydrogens is 306 g/mol. The minimum Gasteiger partial charge on any atom is -0.356 e. The molecule has 100 valence electrons. The van der Waals surface area contributed by atoms with Crippen molar-refractivity contribution < 1.29 is 4.79 Å². The van der Waals surface area contributed by atoms with Crippen LogP contribution in [-0.4, -0.2) is 28.9 Å². The van der Waals surface area contributed by atoms with Crippen LogP contribution in [0, 0.1) is 0 Å². The van der Waals surface area contributed by atoms with Crippen LogP contribution in [0.3, 0.4) is 0 Å². The van der Waals surface area contributed by atoms with E-state index in [2.05, 4.69) is 20.9 Å². The van der Waals surface area contributed by atoms with Crippen molar-refractivity contribution >= 4 is 21.8 Å². The molecule has 1 amide bonds. The van der Waals surface area contributed by atoms with Crippen molar-refractivity contribution in [3.63, 3.8) is 0 Å². The van der Waals surface area contributed by atoms with Crippen LogP contribution in [0.25, 0.3) is 0 Å². The fraction of sp³-hybridized carbons (Fsp3) is 0.214. The Hall–Kier alpha value is -1.59. The van der Waals surface area contributed by atoms with Gasteiger partial charge in [-0.25, -0.2) is 0 Å². The van der Waals surface area contributed by atoms with Crippen LogP contribution >= 0.6 is 15.9 Å². The van der Waals surface area contributed by atoms with E-state index in [9.17, 15) is 4.79 Å². The number of nitrogens with zero attached hydrogens (tertiary/aromatic N) is 1. The van der Waals surface area contributed by atoms with Crippen molar-refractivity contribution in [1.82, 2.24) is 9.88 Å². The lowest BCUT2D eigenvalue weighted by Gasteiger charge is -2.21. The molecule has 0 fully saturated rings. The molecule has 4 nitrogen and oxygen atoms in total. The lowest BCUT2D eigenvalue weighted by molar-refractivity contribution is 0.0743. The second-order valence-corrected chi connectivity index (χ2v) is 5.15. The standard InChI is InChI=1S/C14H16BrN3O/c15-12-8-13(17-9-12)14(19)18(7-6-16)10-11-4-2-1-3-5-11/h1-5,8-9,17H,6-7,10,16H2. The minimum absolute atomic E-state index is 0.0417. The van der Waals surface area contributed by atoms with E-state index in [1.807, 2.05) is 30.3 Å². The Bertz CT molecular complexity index is 539. The van der Waals surface area contributed by atoms with Crippen molar-refractivity contribution in [1.29, 1.82) is 0 Å². The molecule has 1 aromatic carbocycles. The average Bonchev–Trinajstić information content (AvgIpc) is 2.85. The number of nitrogens with one attached hydrogen (secondary N) is 1. The molecule has 0 saturated carbocycles. The highest BCUT2D eigenvalue weighted by atomic mass is 79.9. The van der Waals surface area contributed by atoms with Gasteiger partial charge in [-0.3, -0.25) is 4.79 Å². The molecular formula is C14H16BrN3O. The zero-order chi connectivity index (χ0) is 13.7. The second-order valence-electron chi connectivity index (χ2n) is 4.23. The van der Waals surface area contributed by atoms with Crippen molar-refractivity contribution in [3.05, 3.63) is 58.3 Å². The van der Waals surface area contributed by atoms with Gasteiger partial charge >= 0.3 is 0 Å². The van der Waals surface area contributed by atoms with Gasteiger partial charge in [-0.05, 0) is 27.6 Å². The first-order chi connectivity index (χ1) is 9.20. The maximum atomic E-state index is 12.4. The first-order valence-corrected chi connectivity index (χ1v) is 6.87. The first kappa shape index (κ1) is 13.8. The number of nitrogens with two attached hydrogens (primary N) is 1. The fourth-order valence-corrected chi connectivity index (χ4v) is 2.22. The molecule has 19 heavy (non-hydrogen) atoms. The maximum Gasteiger partial charge on any atom is 0.270 e. The normalized spacial score (nSPS) is 10.4. The number of amides is 1. The predicted molar refractivity (Wildman–Crippen MR) is 78.7 cm³/mol. The molecule has 0 radical (unpaired) electrons. The van der Waals surface area contributed by atoms with E-state index in [0.29, 0.717) is 25.3 Å². The number of H-pyrrole nitrogens is 1. The molecule has 0 saturated heterocycles. The summed E-state index contributed by atoms with van der Waals surface area (Å²) in [7, 11) is 0. The molecule has 1 heterocycles.